The Morgan fingerprint density at radius 1 is 0.685 bits per heavy atom. The monoisotopic (exact) mass is 1090 g/mol. The molecule has 2 aromatic heterocycles. The molecule has 0 bridgehead atoms. The maximum atomic E-state index is 14.0. The first kappa shape index (κ1) is 51.8. The van der Waals surface area contributed by atoms with Crippen molar-refractivity contribution in [3.63, 3.8) is 0 Å². The number of rotatable bonds is 17. The van der Waals surface area contributed by atoms with Crippen LogP contribution in [0, 0.1) is 6.92 Å². The smallest absolute Gasteiger partial charge is 0.299 e. The SMILES string of the molecule is Cc1cc(N=Nc2ccc3c(S(=O)(=O)O)c(N=Nc4c(-c5ccccc5)[nH]n(-c5cc(S(=O)(=O)O)cc(S(=O)(=O)O)c5)c4=O)ccc3c2O)c(OCCCS(=O)(=O)O)cc1N=Nc1nc2ccc(CO)cc2s1. The van der Waals surface area contributed by atoms with Gasteiger partial charge in [-0.15, -0.1) is 30.7 Å². The van der Waals surface area contributed by atoms with Crippen LogP contribution in [0.2, 0.25) is 0 Å². The summed E-state index contributed by atoms with van der Waals surface area (Å²) in [5.41, 5.74) is -0.671. The van der Waals surface area contributed by atoms with E-state index in [1.54, 1.807) is 43.3 Å². The summed E-state index contributed by atoms with van der Waals surface area (Å²) < 4.78 is 144. The minimum Gasteiger partial charge on any atom is -0.505 e. The van der Waals surface area contributed by atoms with Crippen LogP contribution in [0.5, 0.6) is 11.5 Å². The number of aromatic hydroxyl groups is 1. The number of hydrogen-bond donors (Lipinski definition) is 7. The number of nitrogens with one attached hydrogen (secondary N) is 1. The Morgan fingerprint density at radius 3 is 1.99 bits per heavy atom. The molecule has 0 saturated carbocycles. The highest BCUT2D eigenvalue weighted by Gasteiger charge is 2.25. The highest BCUT2D eigenvalue weighted by Crippen LogP contribution is 2.43. The summed E-state index contributed by atoms with van der Waals surface area (Å²) in [6.45, 7) is 1.29. The van der Waals surface area contributed by atoms with Crippen LogP contribution in [0.1, 0.15) is 17.5 Å². The van der Waals surface area contributed by atoms with Gasteiger partial charge in [0.05, 0.1) is 56.0 Å². The van der Waals surface area contributed by atoms with Crippen molar-refractivity contribution in [2.45, 2.75) is 34.6 Å². The van der Waals surface area contributed by atoms with Gasteiger partial charge in [-0.3, -0.25) is 28.1 Å². The van der Waals surface area contributed by atoms with Gasteiger partial charge in [-0.05, 0) is 79.1 Å². The van der Waals surface area contributed by atoms with Crippen LogP contribution < -0.4 is 10.3 Å². The summed E-state index contributed by atoms with van der Waals surface area (Å²) in [7, 11) is -19.8. The molecular weight excluding hydrogens is 1060 g/mol. The van der Waals surface area contributed by atoms with E-state index in [0.717, 1.165) is 35.0 Å². The van der Waals surface area contributed by atoms with Crippen molar-refractivity contribution < 1.29 is 66.8 Å². The van der Waals surface area contributed by atoms with E-state index < -0.39 is 89.3 Å². The van der Waals surface area contributed by atoms with Crippen molar-refractivity contribution in [1.82, 2.24) is 14.8 Å². The molecule has 0 aliphatic heterocycles. The fraction of sp³-hybridized carbons (Fsp3) is 0.116. The van der Waals surface area contributed by atoms with Crippen molar-refractivity contribution >= 4 is 106 Å². The van der Waals surface area contributed by atoms with Crippen molar-refractivity contribution in [1.29, 1.82) is 0 Å². The molecule has 73 heavy (non-hydrogen) atoms. The number of thiazole rings is 1. The molecule has 0 radical (unpaired) electrons. The number of aliphatic hydroxyl groups is 1. The number of benzene rings is 6. The van der Waals surface area contributed by atoms with Gasteiger partial charge in [0.25, 0.3) is 46.0 Å². The molecule has 2 heterocycles. The van der Waals surface area contributed by atoms with E-state index in [2.05, 4.69) is 40.8 Å². The maximum Gasteiger partial charge on any atom is 0.299 e. The van der Waals surface area contributed by atoms with E-state index in [-0.39, 0.29) is 64.5 Å². The van der Waals surface area contributed by atoms with Gasteiger partial charge in [0.2, 0.25) is 5.13 Å². The van der Waals surface area contributed by atoms with Crippen LogP contribution >= 0.6 is 11.3 Å². The molecule has 0 amide bonds. The zero-order valence-corrected chi connectivity index (χ0v) is 41.1. The molecular formula is C43H35N9O16S5. The first-order valence-electron chi connectivity index (χ1n) is 20.6. The largest absolute Gasteiger partial charge is 0.505 e. The molecule has 0 fully saturated rings. The fourth-order valence-corrected chi connectivity index (χ4v) is 10.4. The second kappa shape index (κ2) is 20.2. The van der Waals surface area contributed by atoms with Gasteiger partial charge >= 0.3 is 0 Å². The van der Waals surface area contributed by atoms with Crippen LogP contribution in [0.4, 0.5) is 33.6 Å². The molecule has 0 spiro atoms. The quantitative estimate of drug-likeness (QED) is 0.0254. The first-order chi connectivity index (χ1) is 34.4. The predicted octanol–water partition coefficient (Wildman–Crippen LogP) is 8.74. The van der Waals surface area contributed by atoms with E-state index in [9.17, 15) is 66.9 Å². The van der Waals surface area contributed by atoms with Gasteiger partial charge < -0.3 is 14.9 Å². The maximum absolute atomic E-state index is 14.0. The normalized spacial score (nSPS) is 12.8. The van der Waals surface area contributed by atoms with Crippen LogP contribution in [-0.2, 0) is 47.1 Å². The predicted molar refractivity (Wildman–Crippen MR) is 263 cm³/mol. The third-order valence-corrected chi connectivity index (χ3v) is 14.8. The fourth-order valence-electron chi connectivity index (χ4n) is 7.06. The van der Waals surface area contributed by atoms with Gasteiger partial charge in [0.15, 0.2) is 11.4 Å². The van der Waals surface area contributed by atoms with E-state index in [1.165, 1.54) is 41.7 Å². The Bertz CT molecular complexity index is 4090. The van der Waals surface area contributed by atoms with Crippen LogP contribution in [0.3, 0.4) is 0 Å². The second-order valence-corrected chi connectivity index (χ2v) is 22.3. The van der Waals surface area contributed by atoms with Gasteiger partial charge in [-0.2, -0.15) is 33.7 Å². The zero-order valence-electron chi connectivity index (χ0n) is 37.0. The Hall–Kier alpha value is -7.52. The minimum absolute atomic E-state index is 0.0264. The van der Waals surface area contributed by atoms with Crippen molar-refractivity contribution in [3.05, 3.63) is 125 Å². The average molecular weight is 1090 g/mol. The second-order valence-electron chi connectivity index (χ2n) is 15.5. The topological polar surface area (TPSA) is 392 Å². The van der Waals surface area contributed by atoms with E-state index >= 15 is 0 Å². The summed E-state index contributed by atoms with van der Waals surface area (Å²) in [6.07, 6.45) is -0.128. The molecule has 0 aliphatic carbocycles. The van der Waals surface area contributed by atoms with Gasteiger partial charge in [-0.25, -0.2) is 9.67 Å². The molecule has 378 valence electrons. The minimum atomic E-state index is -5.23. The summed E-state index contributed by atoms with van der Waals surface area (Å²) in [6, 6.07) is 22.4. The number of phenolic OH excluding ortho intramolecular Hbond substituents is 1. The molecule has 0 saturated heterocycles. The Morgan fingerprint density at radius 2 is 1.33 bits per heavy atom. The van der Waals surface area contributed by atoms with E-state index in [0.29, 0.717) is 32.5 Å². The average Bonchev–Trinajstić information content (AvgIpc) is 3.90. The summed E-state index contributed by atoms with van der Waals surface area (Å²) in [4.78, 5) is 15.5. The molecule has 0 aliphatic rings. The number of aromatic amines is 1. The molecule has 6 aromatic carbocycles. The molecule has 0 atom stereocenters. The molecule has 30 heteroatoms. The lowest BCUT2D eigenvalue weighted by Crippen LogP contribution is -2.16. The summed E-state index contributed by atoms with van der Waals surface area (Å²) in [5, 5.41) is 48.3. The number of H-pyrrole nitrogens is 1. The molecule has 8 rings (SSSR count). The van der Waals surface area contributed by atoms with Crippen molar-refractivity contribution in [3.8, 4) is 28.4 Å². The zero-order chi connectivity index (χ0) is 52.6. The lowest BCUT2D eigenvalue weighted by atomic mass is 10.1. The Labute approximate surface area is 416 Å². The summed E-state index contributed by atoms with van der Waals surface area (Å²) in [5.74, 6) is -1.22. The summed E-state index contributed by atoms with van der Waals surface area (Å²) >= 11 is 1.23. The number of phenols is 1. The van der Waals surface area contributed by atoms with Crippen molar-refractivity contribution in [2.75, 3.05) is 12.4 Å². The molecule has 25 nitrogen and oxygen atoms in total. The third kappa shape index (κ3) is 11.7. The number of aliphatic hydroxyl groups excluding tert-OH is 1. The lowest BCUT2D eigenvalue weighted by molar-refractivity contribution is 0.282. The Balaban J connectivity index is 1.16. The molecule has 8 aromatic rings. The van der Waals surface area contributed by atoms with Crippen LogP contribution in [0.25, 0.3) is 37.9 Å². The third-order valence-electron chi connectivity index (χ3n) is 10.5. The van der Waals surface area contributed by atoms with Crippen LogP contribution in [0.15, 0.2) is 153 Å². The number of azo groups is 3. The highest BCUT2D eigenvalue weighted by atomic mass is 32.2. The highest BCUT2D eigenvalue weighted by molar-refractivity contribution is 7.87. The number of hydrogen-bond acceptors (Lipinski definition) is 20. The van der Waals surface area contributed by atoms with E-state index in [1.807, 2.05) is 0 Å². The van der Waals surface area contributed by atoms with E-state index in [4.69, 9.17) is 4.74 Å². The number of fused-ring (bicyclic) bond motifs is 2. The van der Waals surface area contributed by atoms with Crippen molar-refractivity contribution in [2.24, 2.45) is 30.7 Å². The number of aryl methyl sites for hydroxylation is 1. The van der Waals surface area contributed by atoms with Gasteiger partial charge in [-0.1, -0.05) is 53.8 Å². The van der Waals surface area contributed by atoms with Gasteiger partial charge in [0, 0.05) is 22.4 Å². The van der Waals surface area contributed by atoms with Gasteiger partial charge in [0.1, 0.15) is 27.7 Å². The molecule has 7 N–H and O–H groups in total. The number of nitrogens with zero attached hydrogens (tertiary/aromatic N) is 8. The number of ether oxygens (including phenoxy) is 1. The molecule has 0 unspecified atom stereocenters. The first-order valence-corrected chi connectivity index (χ1v) is 27.4. The standard InChI is InChI=1S/C43H35N9O16S5/c1-23-16-35(36(68-14-5-15-70(56,57)58)21-34(23)47-50-43-44-31-11-8-24(22-53)17-37(31)69-43)48-45-32-12-10-30-29(40(32)54)9-13-33(41(30)73(65,66)67)46-49-39-38(25-6-3-2-4-7-25)51-52(42(39)55)26-18-27(71(59,60)61)20-28(19-26)72(62,63)64/h2-4,6-13,16-21,51,53-54H,5,14-15,22H2,1H3,(H,56,57,58)(H,59,60,61)(H,62,63,64)(H,65,66,67). The van der Waals surface area contributed by atoms with Crippen LogP contribution in [-0.4, -0.2) is 89.2 Å². The Kier molecular flexibility index (Phi) is 14.3. The lowest BCUT2D eigenvalue weighted by Gasteiger charge is -2.11. The number of aromatic nitrogens is 3.